The van der Waals surface area contributed by atoms with Gasteiger partial charge in [0.05, 0.1) is 59.2 Å². The molecule has 158 valence electrons. The molecular weight excluding hydrogens is 390 g/mol. The first-order chi connectivity index (χ1) is 14.1. The third kappa shape index (κ3) is 4.48. The molecule has 0 spiro atoms. The lowest BCUT2D eigenvalue weighted by Gasteiger charge is -2.34. The van der Waals surface area contributed by atoms with Gasteiger partial charge in [-0.25, -0.2) is 0 Å². The lowest BCUT2D eigenvalue weighted by Crippen LogP contribution is -3.15. The van der Waals surface area contributed by atoms with E-state index in [1.54, 1.807) is 26.0 Å². The van der Waals surface area contributed by atoms with Gasteiger partial charge >= 0.3 is 0 Å². The molecule has 2 heterocycles. The molecule has 2 saturated heterocycles. The lowest BCUT2D eigenvalue weighted by molar-refractivity contribution is -0.903. The molecule has 1 aliphatic carbocycles. The summed E-state index contributed by atoms with van der Waals surface area (Å²) in [5, 5.41) is 0.0134. The number of carbonyl (C=O) groups excluding carboxylic acids is 2. The predicted molar refractivity (Wildman–Crippen MR) is 111 cm³/mol. The fourth-order valence-corrected chi connectivity index (χ4v) is 5.35. The molecule has 1 aromatic carbocycles. The van der Waals surface area contributed by atoms with Gasteiger partial charge < -0.3 is 24.2 Å². The highest BCUT2D eigenvalue weighted by molar-refractivity contribution is 8.00. The number of methoxy groups -OCH3 is 2. The van der Waals surface area contributed by atoms with Crippen molar-refractivity contribution < 1.29 is 24.0 Å². The van der Waals surface area contributed by atoms with Crippen molar-refractivity contribution >= 4 is 23.6 Å². The summed E-state index contributed by atoms with van der Waals surface area (Å²) < 4.78 is 10.8. The molecule has 3 aliphatic rings. The molecule has 0 radical (unpaired) electrons. The minimum absolute atomic E-state index is 0.0134. The van der Waals surface area contributed by atoms with E-state index in [2.05, 4.69) is 0 Å². The largest absolute Gasteiger partial charge is 0.493 e. The van der Waals surface area contributed by atoms with E-state index in [9.17, 15) is 9.59 Å². The Morgan fingerprint density at radius 3 is 2.55 bits per heavy atom. The van der Waals surface area contributed by atoms with Gasteiger partial charge in [0, 0.05) is 5.92 Å². The smallest absolute Gasteiger partial charge is 0.234 e. The molecule has 2 aliphatic heterocycles. The fraction of sp³-hybridized carbons (Fsp3) is 0.619. The first-order valence-electron chi connectivity index (χ1n) is 10.4. The SMILES string of the molecule is COc1ccc([C@H]2SCC(=O)N2CC[NH+]2CCN(C(=O)C3CC3)CC2)cc1OC. The standard InChI is InChI=1S/C21H29N3O4S/c1-27-17-6-5-16(13-18(17)28-2)21-24(19(25)14-29-21)12-9-22-7-10-23(11-8-22)20(26)15-3-4-15/h5-6,13,15,21H,3-4,7-12,14H2,1-2H3/p+1/t21-/m1/s1. The zero-order chi connectivity index (χ0) is 20.4. The van der Waals surface area contributed by atoms with E-state index in [4.69, 9.17) is 9.47 Å². The summed E-state index contributed by atoms with van der Waals surface area (Å²) in [5.41, 5.74) is 1.06. The molecule has 1 N–H and O–H groups in total. The molecule has 1 aromatic rings. The molecule has 2 amide bonds. The maximum atomic E-state index is 12.5. The van der Waals surface area contributed by atoms with E-state index in [0.29, 0.717) is 29.1 Å². The third-order valence-electron chi connectivity index (χ3n) is 6.08. The molecule has 0 aromatic heterocycles. The van der Waals surface area contributed by atoms with Crippen molar-refractivity contribution in [3.05, 3.63) is 23.8 Å². The highest BCUT2D eigenvalue weighted by Crippen LogP contribution is 2.41. The molecule has 3 fully saturated rings. The van der Waals surface area contributed by atoms with E-state index >= 15 is 0 Å². The van der Waals surface area contributed by atoms with E-state index < -0.39 is 0 Å². The van der Waals surface area contributed by atoms with Gasteiger partial charge in [0.15, 0.2) is 11.5 Å². The second-order valence-electron chi connectivity index (χ2n) is 7.96. The second-order valence-corrected chi connectivity index (χ2v) is 9.03. The summed E-state index contributed by atoms with van der Waals surface area (Å²) in [6.07, 6.45) is 2.14. The van der Waals surface area contributed by atoms with Crippen molar-refractivity contribution in [2.24, 2.45) is 5.92 Å². The molecule has 8 heteroatoms. The average Bonchev–Trinajstić information content (AvgIpc) is 3.54. The number of piperazine rings is 1. The zero-order valence-electron chi connectivity index (χ0n) is 17.2. The molecule has 0 unspecified atom stereocenters. The van der Waals surface area contributed by atoms with Crippen molar-refractivity contribution in [1.29, 1.82) is 0 Å². The van der Waals surface area contributed by atoms with Gasteiger partial charge in [-0.3, -0.25) is 9.59 Å². The normalized spacial score (nSPS) is 22.8. The van der Waals surface area contributed by atoms with Crippen molar-refractivity contribution in [2.75, 3.05) is 59.2 Å². The van der Waals surface area contributed by atoms with Crippen molar-refractivity contribution in [2.45, 2.75) is 18.2 Å². The summed E-state index contributed by atoms with van der Waals surface area (Å²) in [7, 11) is 3.25. The Kier molecular flexibility index (Phi) is 6.20. The second kappa shape index (κ2) is 8.83. The molecule has 1 atom stereocenters. The summed E-state index contributed by atoms with van der Waals surface area (Å²) in [6, 6.07) is 5.88. The Balaban J connectivity index is 1.34. The number of thioether (sulfide) groups is 1. The number of quaternary nitrogens is 1. The quantitative estimate of drug-likeness (QED) is 0.693. The number of hydrogen-bond acceptors (Lipinski definition) is 5. The molecule has 1 saturated carbocycles. The summed E-state index contributed by atoms with van der Waals surface area (Å²) >= 11 is 1.66. The highest BCUT2D eigenvalue weighted by Gasteiger charge is 2.37. The Morgan fingerprint density at radius 1 is 1.17 bits per heavy atom. The van der Waals surface area contributed by atoms with Crippen LogP contribution in [0.5, 0.6) is 11.5 Å². The molecule has 29 heavy (non-hydrogen) atoms. The van der Waals surface area contributed by atoms with Crippen LogP contribution in [0.25, 0.3) is 0 Å². The van der Waals surface area contributed by atoms with Gasteiger partial charge in [0.2, 0.25) is 11.8 Å². The number of amides is 2. The molecule has 4 rings (SSSR count). The van der Waals surface area contributed by atoms with Crippen LogP contribution in [-0.2, 0) is 9.59 Å². The van der Waals surface area contributed by atoms with Crippen LogP contribution >= 0.6 is 11.8 Å². The number of hydrogen-bond donors (Lipinski definition) is 1. The number of benzene rings is 1. The van der Waals surface area contributed by atoms with Gasteiger partial charge in [-0.05, 0) is 30.5 Å². The number of nitrogens with zero attached hydrogens (tertiary/aromatic N) is 2. The number of carbonyl (C=O) groups is 2. The van der Waals surface area contributed by atoms with Crippen molar-refractivity contribution in [3.8, 4) is 11.5 Å². The summed E-state index contributed by atoms with van der Waals surface area (Å²) in [5.74, 6) is 2.74. The van der Waals surface area contributed by atoms with Crippen LogP contribution in [0, 0.1) is 5.92 Å². The highest BCUT2D eigenvalue weighted by atomic mass is 32.2. The van der Waals surface area contributed by atoms with Gasteiger partial charge in [-0.1, -0.05) is 6.07 Å². The average molecular weight is 421 g/mol. The number of ether oxygens (including phenoxy) is 2. The van der Waals surface area contributed by atoms with Gasteiger partial charge in [0.1, 0.15) is 5.37 Å². The zero-order valence-corrected chi connectivity index (χ0v) is 18.0. The molecule has 7 nitrogen and oxygen atoms in total. The maximum Gasteiger partial charge on any atom is 0.234 e. The Morgan fingerprint density at radius 2 is 1.90 bits per heavy atom. The van der Waals surface area contributed by atoms with Crippen molar-refractivity contribution in [1.82, 2.24) is 9.80 Å². The Hall–Kier alpha value is -1.93. The monoisotopic (exact) mass is 420 g/mol. The van der Waals surface area contributed by atoms with Crippen LogP contribution in [0.1, 0.15) is 23.8 Å². The number of nitrogens with one attached hydrogen (secondary N) is 1. The summed E-state index contributed by atoms with van der Waals surface area (Å²) in [6.45, 7) is 5.26. The van der Waals surface area contributed by atoms with Crippen LogP contribution in [0.2, 0.25) is 0 Å². The topological polar surface area (TPSA) is 63.5 Å². The van der Waals surface area contributed by atoms with E-state index in [-0.39, 0.29) is 11.3 Å². The fourth-order valence-electron chi connectivity index (χ4n) is 4.14. The Bertz CT molecular complexity index is 762. The Labute approximate surface area is 176 Å². The van der Waals surface area contributed by atoms with Crippen LogP contribution in [-0.4, -0.2) is 80.9 Å². The van der Waals surface area contributed by atoms with Crippen LogP contribution in [0.4, 0.5) is 0 Å². The number of rotatable bonds is 7. The summed E-state index contributed by atoms with van der Waals surface area (Å²) in [4.78, 5) is 30.2. The molecule has 0 bridgehead atoms. The maximum absolute atomic E-state index is 12.5. The van der Waals surface area contributed by atoms with Crippen LogP contribution < -0.4 is 14.4 Å². The van der Waals surface area contributed by atoms with Crippen molar-refractivity contribution in [3.63, 3.8) is 0 Å². The third-order valence-corrected chi connectivity index (χ3v) is 7.33. The minimum Gasteiger partial charge on any atom is -0.493 e. The van der Waals surface area contributed by atoms with Gasteiger partial charge in [-0.15, -0.1) is 11.8 Å². The first kappa shape index (κ1) is 20.3. The van der Waals surface area contributed by atoms with Crippen LogP contribution in [0.3, 0.4) is 0 Å². The van der Waals surface area contributed by atoms with Gasteiger partial charge in [-0.2, -0.15) is 0 Å². The first-order valence-corrected chi connectivity index (χ1v) is 11.4. The predicted octanol–water partition coefficient (Wildman–Crippen LogP) is 0.415. The molecular formula is C21H30N3O4S+. The van der Waals surface area contributed by atoms with Gasteiger partial charge in [0.25, 0.3) is 0 Å². The minimum atomic E-state index is 0.0134. The van der Waals surface area contributed by atoms with E-state index in [0.717, 1.165) is 57.7 Å². The van der Waals surface area contributed by atoms with E-state index in [1.165, 1.54) is 4.90 Å². The lowest BCUT2D eigenvalue weighted by atomic mass is 10.1. The van der Waals surface area contributed by atoms with E-state index in [1.807, 2.05) is 28.0 Å². The van der Waals surface area contributed by atoms with Crippen LogP contribution in [0.15, 0.2) is 18.2 Å².